The van der Waals surface area contributed by atoms with Crippen molar-refractivity contribution in [2.24, 2.45) is 0 Å². The minimum atomic E-state index is -0.142. The van der Waals surface area contributed by atoms with Gasteiger partial charge in [0.1, 0.15) is 11.4 Å². The number of H-pyrrole nitrogens is 1. The van der Waals surface area contributed by atoms with E-state index in [1.165, 1.54) is 31.9 Å². The largest absolute Gasteiger partial charge is 0.383 e. The first-order chi connectivity index (χ1) is 8.17. The Bertz CT molecular complexity index is 398. The van der Waals surface area contributed by atoms with E-state index in [0.29, 0.717) is 17.9 Å². The molecule has 4 N–H and O–H groups in total. The molecule has 2 rings (SSSR count). The zero-order valence-corrected chi connectivity index (χ0v) is 10.8. The maximum Gasteiger partial charge on any atom is 0.256 e. The molecule has 94 valence electrons. The number of aromatic amines is 1. The van der Waals surface area contributed by atoms with Gasteiger partial charge >= 0.3 is 0 Å². The smallest absolute Gasteiger partial charge is 0.256 e. The van der Waals surface area contributed by atoms with Crippen LogP contribution in [0.5, 0.6) is 0 Å². The average Bonchev–Trinajstić information content (AvgIpc) is 2.95. The molecule has 0 radical (unpaired) electrons. The highest BCUT2D eigenvalue weighted by Crippen LogP contribution is 2.39. The minimum absolute atomic E-state index is 0.142. The fraction of sp³-hybridized carbons (Fsp3) is 0.636. The highest BCUT2D eigenvalue weighted by molar-refractivity contribution is 8.00. The molecular weight excluding hydrogens is 236 g/mol. The van der Waals surface area contributed by atoms with Crippen molar-refractivity contribution in [2.75, 3.05) is 18.5 Å². The van der Waals surface area contributed by atoms with Gasteiger partial charge in [-0.25, -0.2) is 0 Å². The van der Waals surface area contributed by atoms with E-state index < -0.39 is 0 Å². The van der Waals surface area contributed by atoms with E-state index in [1.807, 2.05) is 11.8 Å². The van der Waals surface area contributed by atoms with E-state index in [2.05, 4.69) is 21.8 Å². The molecule has 1 aliphatic carbocycles. The molecule has 1 fully saturated rings. The van der Waals surface area contributed by atoms with E-state index in [1.54, 1.807) is 0 Å². The fourth-order valence-corrected chi connectivity index (χ4v) is 3.20. The lowest BCUT2D eigenvalue weighted by atomic mass is 10.1. The molecule has 0 unspecified atom stereocenters. The van der Waals surface area contributed by atoms with Gasteiger partial charge < -0.3 is 11.1 Å². The number of hydrogen-bond donors (Lipinski definition) is 3. The van der Waals surface area contributed by atoms with Crippen LogP contribution in [0.2, 0.25) is 0 Å². The number of anilines is 1. The van der Waals surface area contributed by atoms with Gasteiger partial charge in [0, 0.05) is 11.3 Å². The summed E-state index contributed by atoms with van der Waals surface area (Å²) >= 11 is 1.85. The van der Waals surface area contributed by atoms with Gasteiger partial charge in [0.2, 0.25) is 0 Å². The highest BCUT2D eigenvalue weighted by Gasteiger charge is 2.33. The molecule has 1 saturated carbocycles. The molecule has 17 heavy (non-hydrogen) atoms. The van der Waals surface area contributed by atoms with Gasteiger partial charge in [-0.05, 0) is 19.1 Å². The van der Waals surface area contributed by atoms with Crippen molar-refractivity contribution in [3.8, 4) is 0 Å². The predicted molar refractivity (Wildman–Crippen MR) is 70.0 cm³/mol. The Morgan fingerprint density at radius 2 is 2.35 bits per heavy atom. The number of nitrogens with two attached hydrogens (primary N) is 1. The van der Waals surface area contributed by atoms with E-state index in [9.17, 15) is 4.79 Å². The zero-order valence-electron chi connectivity index (χ0n) is 9.95. The summed E-state index contributed by atoms with van der Waals surface area (Å²) in [6, 6.07) is 0. The van der Waals surface area contributed by atoms with Crippen molar-refractivity contribution in [1.29, 1.82) is 0 Å². The Kier molecular flexibility index (Phi) is 3.61. The normalized spacial score (nSPS) is 18.2. The molecule has 0 atom stereocenters. The van der Waals surface area contributed by atoms with Crippen LogP contribution >= 0.6 is 11.8 Å². The quantitative estimate of drug-likeness (QED) is 0.758. The third kappa shape index (κ3) is 2.57. The topological polar surface area (TPSA) is 83.8 Å². The molecular formula is C11H18N4OS. The standard InChI is InChI=1S/C11H18N4OS/c1-17-11(4-2-3-5-11)7-13-10(16)8-6-14-15-9(8)12/h6H,2-5,7H2,1H3,(H,13,16)(H3,12,14,15). The molecule has 0 spiro atoms. The molecule has 1 aliphatic rings. The first kappa shape index (κ1) is 12.3. The predicted octanol–water partition coefficient (Wildman–Crippen LogP) is 1.40. The van der Waals surface area contributed by atoms with Crippen LogP contribution in [0.3, 0.4) is 0 Å². The second kappa shape index (κ2) is 5.00. The molecule has 1 heterocycles. The van der Waals surface area contributed by atoms with Crippen LogP contribution in [0, 0.1) is 0 Å². The van der Waals surface area contributed by atoms with Crippen LogP contribution < -0.4 is 11.1 Å². The first-order valence-corrected chi connectivity index (χ1v) is 7.01. The number of carbonyl (C=O) groups is 1. The number of amides is 1. The van der Waals surface area contributed by atoms with Crippen molar-refractivity contribution < 1.29 is 4.79 Å². The van der Waals surface area contributed by atoms with Crippen molar-refractivity contribution in [2.45, 2.75) is 30.4 Å². The highest BCUT2D eigenvalue weighted by atomic mass is 32.2. The van der Waals surface area contributed by atoms with E-state index in [-0.39, 0.29) is 10.7 Å². The number of aromatic nitrogens is 2. The van der Waals surface area contributed by atoms with E-state index in [0.717, 1.165) is 0 Å². The Balaban J connectivity index is 1.94. The summed E-state index contributed by atoms with van der Waals surface area (Å²) in [5.74, 6) is 0.184. The lowest BCUT2D eigenvalue weighted by Crippen LogP contribution is -2.38. The lowest BCUT2D eigenvalue weighted by molar-refractivity contribution is 0.0950. The summed E-state index contributed by atoms with van der Waals surface area (Å²) in [6.45, 7) is 0.706. The van der Waals surface area contributed by atoms with Crippen molar-refractivity contribution in [3.05, 3.63) is 11.8 Å². The molecule has 0 aliphatic heterocycles. The number of rotatable bonds is 4. The summed E-state index contributed by atoms with van der Waals surface area (Å²) in [7, 11) is 0. The Morgan fingerprint density at radius 3 is 2.88 bits per heavy atom. The number of nitrogens with one attached hydrogen (secondary N) is 2. The molecule has 1 amide bonds. The number of carbonyl (C=O) groups excluding carboxylic acids is 1. The molecule has 0 saturated heterocycles. The van der Waals surface area contributed by atoms with Crippen LogP contribution in [0.4, 0.5) is 5.82 Å². The molecule has 1 aromatic heterocycles. The number of hydrogen-bond acceptors (Lipinski definition) is 4. The summed E-state index contributed by atoms with van der Waals surface area (Å²) < 4.78 is 0.216. The van der Waals surface area contributed by atoms with Gasteiger partial charge in [-0.1, -0.05) is 12.8 Å². The van der Waals surface area contributed by atoms with Crippen LogP contribution in [0.1, 0.15) is 36.0 Å². The van der Waals surface area contributed by atoms with Gasteiger partial charge in [-0.2, -0.15) is 16.9 Å². The van der Waals surface area contributed by atoms with Crippen LogP contribution in [-0.4, -0.2) is 33.7 Å². The van der Waals surface area contributed by atoms with Gasteiger partial charge in [0.15, 0.2) is 0 Å². The molecule has 5 nitrogen and oxygen atoms in total. The average molecular weight is 254 g/mol. The van der Waals surface area contributed by atoms with Crippen molar-refractivity contribution in [1.82, 2.24) is 15.5 Å². The minimum Gasteiger partial charge on any atom is -0.383 e. The Morgan fingerprint density at radius 1 is 1.65 bits per heavy atom. The number of nitrogen functional groups attached to an aromatic ring is 1. The van der Waals surface area contributed by atoms with Crippen LogP contribution in [-0.2, 0) is 0 Å². The fourth-order valence-electron chi connectivity index (χ4n) is 2.29. The van der Waals surface area contributed by atoms with Crippen LogP contribution in [0.25, 0.3) is 0 Å². The SMILES string of the molecule is CSC1(CNC(=O)c2cn[nH]c2N)CCCC1. The molecule has 6 heteroatoms. The third-order valence-electron chi connectivity index (χ3n) is 3.43. The van der Waals surface area contributed by atoms with E-state index in [4.69, 9.17) is 5.73 Å². The summed E-state index contributed by atoms with van der Waals surface area (Å²) in [5, 5.41) is 9.27. The summed E-state index contributed by atoms with van der Waals surface area (Å²) in [6.07, 6.45) is 8.44. The lowest BCUT2D eigenvalue weighted by Gasteiger charge is -2.26. The summed E-state index contributed by atoms with van der Waals surface area (Å²) in [5.41, 5.74) is 6.04. The molecule has 1 aromatic rings. The number of thioether (sulfide) groups is 1. The first-order valence-electron chi connectivity index (χ1n) is 5.79. The molecule has 0 bridgehead atoms. The second-order valence-corrected chi connectivity index (χ2v) is 5.75. The Labute approximate surface area is 105 Å². The maximum absolute atomic E-state index is 11.9. The zero-order chi connectivity index (χ0) is 12.3. The monoisotopic (exact) mass is 254 g/mol. The third-order valence-corrected chi connectivity index (χ3v) is 4.85. The molecule has 0 aromatic carbocycles. The van der Waals surface area contributed by atoms with Crippen LogP contribution in [0.15, 0.2) is 6.20 Å². The van der Waals surface area contributed by atoms with E-state index >= 15 is 0 Å². The van der Waals surface area contributed by atoms with Crippen molar-refractivity contribution >= 4 is 23.5 Å². The number of nitrogens with zero attached hydrogens (tertiary/aromatic N) is 1. The van der Waals surface area contributed by atoms with Crippen molar-refractivity contribution in [3.63, 3.8) is 0 Å². The maximum atomic E-state index is 11.9. The van der Waals surface area contributed by atoms with Gasteiger partial charge in [0.05, 0.1) is 6.20 Å². The Hall–Kier alpha value is -1.17. The van der Waals surface area contributed by atoms with Gasteiger partial charge in [-0.15, -0.1) is 0 Å². The summed E-state index contributed by atoms with van der Waals surface area (Å²) in [4.78, 5) is 11.9. The van der Waals surface area contributed by atoms with Gasteiger partial charge in [0.25, 0.3) is 5.91 Å². The second-order valence-electron chi connectivity index (χ2n) is 4.47. The van der Waals surface area contributed by atoms with Gasteiger partial charge in [-0.3, -0.25) is 9.89 Å².